The molecule has 3 heterocycles. The molecule has 5 nitrogen and oxygen atoms in total. The molecule has 0 bridgehead atoms. The Bertz CT molecular complexity index is 545. The first-order valence-corrected chi connectivity index (χ1v) is 7.03. The van der Waals surface area contributed by atoms with E-state index in [1.165, 1.54) is 12.8 Å². The fraction of sp³-hybridized carbons (Fsp3) is 0.571. The Balaban J connectivity index is 2.00. The van der Waals surface area contributed by atoms with Crippen LogP contribution in [0.25, 0.3) is 11.2 Å². The number of aliphatic hydroxyl groups is 1. The van der Waals surface area contributed by atoms with Gasteiger partial charge in [0.05, 0.1) is 0 Å². The third-order valence-corrected chi connectivity index (χ3v) is 3.74. The van der Waals surface area contributed by atoms with Crippen LogP contribution >= 0.6 is 0 Å². The third kappa shape index (κ3) is 2.48. The Morgan fingerprint density at radius 2 is 2.42 bits per heavy atom. The Morgan fingerprint density at radius 3 is 3.21 bits per heavy atom. The van der Waals surface area contributed by atoms with Crippen molar-refractivity contribution in [2.75, 3.05) is 19.7 Å². The van der Waals surface area contributed by atoms with Crippen molar-refractivity contribution in [1.29, 1.82) is 0 Å². The number of piperidine rings is 1. The lowest BCUT2D eigenvalue weighted by atomic mass is 9.99. The van der Waals surface area contributed by atoms with Crippen molar-refractivity contribution in [2.24, 2.45) is 0 Å². The van der Waals surface area contributed by atoms with Crippen LogP contribution in [0.15, 0.2) is 18.3 Å². The van der Waals surface area contributed by atoms with Crippen LogP contribution in [0.4, 0.5) is 0 Å². The van der Waals surface area contributed by atoms with Gasteiger partial charge in [0, 0.05) is 31.8 Å². The standard InChI is InChI=1S/C14H20N4O/c19-9-3-8-18-13(11-4-1-6-15-10-11)17-12-5-2-7-16-14(12)18/h2,5,7,11,15,19H,1,3-4,6,8-10H2. The number of aromatic nitrogens is 3. The molecule has 0 spiro atoms. The predicted molar refractivity (Wildman–Crippen MR) is 74.1 cm³/mol. The zero-order valence-corrected chi connectivity index (χ0v) is 11.0. The Kier molecular flexibility index (Phi) is 3.75. The summed E-state index contributed by atoms with van der Waals surface area (Å²) in [5.74, 6) is 1.58. The van der Waals surface area contributed by atoms with Gasteiger partial charge in [-0.05, 0) is 37.9 Å². The van der Waals surface area contributed by atoms with Gasteiger partial charge in [-0.15, -0.1) is 0 Å². The van der Waals surface area contributed by atoms with Crippen LogP contribution in [-0.2, 0) is 6.54 Å². The highest BCUT2D eigenvalue weighted by Gasteiger charge is 2.22. The zero-order chi connectivity index (χ0) is 13.1. The highest BCUT2D eigenvalue weighted by atomic mass is 16.3. The monoisotopic (exact) mass is 260 g/mol. The first-order chi connectivity index (χ1) is 9.40. The predicted octanol–water partition coefficient (Wildman–Crippen LogP) is 1.28. The first kappa shape index (κ1) is 12.6. The van der Waals surface area contributed by atoms with Crippen molar-refractivity contribution < 1.29 is 5.11 Å². The number of fused-ring (bicyclic) bond motifs is 1. The molecule has 2 aromatic heterocycles. The second kappa shape index (κ2) is 5.67. The van der Waals surface area contributed by atoms with Gasteiger partial charge in [0.15, 0.2) is 5.65 Å². The van der Waals surface area contributed by atoms with Crippen LogP contribution in [0, 0.1) is 0 Å². The first-order valence-electron chi connectivity index (χ1n) is 7.03. The van der Waals surface area contributed by atoms with Crippen molar-refractivity contribution in [3.05, 3.63) is 24.2 Å². The van der Waals surface area contributed by atoms with Gasteiger partial charge >= 0.3 is 0 Å². The number of rotatable bonds is 4. The summed E-state index contributed by atoms with van der Waals surface area (Å²) >= 11 is 0. The van der Waals surface area contributed by atoms with Crippen LogP contribution in [0.2, 0.25) is 0 Å². The van der Waals surface area contributed by atoms with Gasteiger partial charge in [-0.2, -0.15) is 0 Å². The Morgan fingerprint density at radius 1 is 1.47 bits per heavy atom. The number of aryl methyl sites for hydroxylation is 1. The number of pyridine rings is 1. The lowest BCUT2D eigenvalue weighted by Gasteiger charge is -2.23. The third-order valence-electron chi connectivity index (χ3n) is 3.74. The SMILES string of the molecule is OCCCn1c(C2CCCNC2)nc2cccnc21. The quantitative estimate of drug-likeness (QED) is 0.869. The number of aliphatic hydroxyl groups excluding tert-OH is 1. The molecule has 19 heavy (non-hydrogen) atoms. The molecule has 102 valence electrons. The van der Waals surface area contributed by atoms with Crippen molar-refractivity contribution >= 4 is 11.2 Å². The largest absolute Gasteiger partial charge is 0.396 e. The Labute approximate surface area is 112 Å². The summed E-state index contributed by atoms with van der Waals surface area (Å²) in [6, 6.07) is 3.94. The maximum Gasteiger partial charge on any atom is 0.159 e. The lowest BCUT2D eigenvalue weighted by molar-refractivity contribution is 0.278. The minimum atomic E-state index is 0.203. The molecular formula is C14H20N4O. The number of nitrogens with one attached hydrogen (secondary N) is 1. The molecule has 2 aromatic rings. The molecule has 0 saturated carbocycles. The van der Waals surface area contributed by atoms with Gasteiger partial charge in [-0.25, -0.2) is 9.97 Å². The van der Waals surface area contributed by atoms with Gasteiger partial charge in [0.2, 0.25) is 0 Å². The smallest absolute Gasteiger partial charge is 0.159 e. The molecule has 1 unspecified atom stereocenters. The van der Waals surface area contributed by atoms with E-state index < -0.39 is 0 Å². The summed E-state index contributed by atoms with van der Waals surface area (Å²) < 4.78 is 2.18. The summed E-state index contributed by atoms with van der Waals surface area (Å²) in [5, 5.41) is 12.5. The van der Waals surface area contributed by atoms with E-state index in [0.29, 0.717) is 5.92 Å². The highest BCUT2D eigenvalue weighted by Crippen LogP contribution is 2.26. The average molecular weight is 260 g/mol. The molecule has 2 N–H and O–H groups in total. The molecule has 1 aliphatic heterocycles. The summed E-state index contributed by atoms with van der Waals surface area (Å²) in [6.07, 6.45) is 4.92. The van der Waals surface area contributed by atoms with E-state index in [-0.39, 0.29) is 6.61 Å². The molecule has 0 aromatic carbocycles. The topological polar surface area (TPSA) is 63.0 Å². The maximum atomic E-state index is 9.07. The van der Waals surface area contributed by atoms with Crippen molar-refractivity contribution in [1.82, 2.24) is 19.9 Å². The van der Waals surface area contributed by atoms with Crippen LogP contribution in [0.3, 0.4) is 0 Å². The number of imidazole rings is 1. The Hall–Kier alpha value is -1.46. The fourth-order valence-corrected chi connectivity index (χ4v) is 2.81. The molecule has 5 heteroatoms. The minimum Gasteiger partial charge on any atom is -0.396 e. The molecule has 1 aliphatic rings. The molecule has 0 radical (unpaired) electrons. The van der Waals surface area contributed by atoms with Gasteiger partial charge in [-0.3, -0.25) is 0 Å². The molecule has 1 fully saturated rings. The number of hydrogen-bond donors (Lipinski definition) is 2. The molecule has 0 amide bonds. The van der Waals surface area contributed by atoms with Gasteiger partial charge in [-0.1, -0.05) is 0 Å². The highest BCUT2D eigenvalue weighted by molar-refractivity contribution is 5.71. The number of hydrogen-bond acceptors (Lipinski definition) is 4. The molecule has 0 aliphatic carbocycles. The normalized spacial score (nSPS) is 19.9. The van der Waals surface area contributed by atoms with Gasteiger partial charge in [0.25, 0.3) is 0 Å². The van der Waals surface area contributed by atoms with Crippen molar-refractivity contribution in [2.45, 2.75) is 31.7 Å². The van der Waals surface area contributed by atoms with E-state index in [0.717, 1.165) is 43.0 Å². The van der Waals surface area contributed by atoms with E-state index in [1.54, 1.807) is 0 Å². The zero-order valence-electron chi connectivity index (χ0n) is 11.0. The second-order valence-electron chi connectivity index (χ2n) is 5.09. The van der Waals surface area contributed by atoms with Gasteiger partial charge < -0.3 is 15.0 Å². The van der Waals surface area contributed by atoms with E-state index in [2.05, 4.69) is 14.9 Å². The fourth-order valence-electron chi connectivity index (χ4n) is 2.81. The lowest BCUT2D eigenvalue weighted by Crippen LogP contribution is -2.30. The van der Waals surface area contributed by atoms with Crippen LogP contribution in [0.5, 0.6) is 0 Å². The van der Waals surface area contributed by atoms with Crippen LogP contribution in [0.1, 0.15) is 31.0 Å². The van der Waals surface area contributed by atoms with E-state index in [4.69, 9.17) is 10.1 Å². The second-order valence-corrected chi connectivity index (χ2v) is 5.09. The summed E-state index contributed by atoms with van der Waals surface area (Å²) in [5.41, 5.74) is 1.90. The minimum absolute atomic E-state index is 0.203. The average Bonchev–Trinajstić information content (AvgIpc) is 2.85. The van der Waals surface area contributed by atoms with E-state index in [9.17, 15) is 0 Å². The van der Waals surface area contributed by atoms with Gasteiger partial charge in [0.1, 0.15) is 11.3 Å². The van der Waals surface area contributed by atoms with E-state index >= 15 is 0 Å². The summed E-state index contributed by atoms with van der Waals surface area (Å²) in [4.78, 5) is 9.22. The summed E-state index contributed by atoms with van der Waals surface area (Å²) in [6.45, 7) is 3.08. The maximum absolute atomic E-state index is 9.07. The van der Waals surface area contributed by atoms with Crippen molar-refractivity contribution in [3.63, 3.8) is 0 Å². The molecular weight excluding hydrogens is 240 g/mol. The van der Waals surface area contributed by atoms with Crippen molar-refractivity contribution in [3.8, 4) is 0 Å². The summed E-state index contributed by atoms with van der Waals surface area (Å²) in [7, 11) is 0. The molecule has 1 atom stereocenters. The molecule has 3 rings (SSSR count). The molecule has 1 saturated heterocycles. The number of nitrogens with zero attached hydrogens (tertiary/aromatic N) is 3. The van der Waals surface area contributed by atoms with E-state index in [1.807, 2.05) is 18.3 Å². The van der Waals surface area contributed by atoms with Crippen LogP contribution < -0.4 is 5.32 Å². The van der Waals surface area contributed by atoms with Crippen LogP contribution in [-0.4, -0.2) is 39.3 Å².